The highest BCUT2D eigenvalue weighted by Crippen LogP contribution is 1.95. The van der Waals surface area contributed by atoms with Crippen molar-refractivity contribution >= 4 is 5.91 Å². The van der Waals surface area contributed by atoms with E-state index in [9.17, 15) is 4.79 Å². The van der Waals surface area contributed by atoms with Crippen molar-refractivity contribution in [3.63, 3.8) is 0 Å². The predicted molar refractivity (Wildman–Crippen MR) is 46.4 cm³/mol. The van der Waals surface area contributed by atoms with Gasteiger partial charge in [0.1, 0.15) is 0 Å². The Hall–Kier alpha value is -0.570. The zero-order valence-electron chi connectivity index (χ0n) is 7.61. The number of rotatable bonds is 1. The third-order valence-corrected chi connectivity index (χ3v) is 1.47. The molecule has 1 heterocycles. The SMILES string of the molecule is CC.CC(=O)NC1CCNC1. The smallest absolute Gasteiger partial charge is 0.217 e. The molecule has 1 unspecified atom stereocenters. The highest BCUT2D eigenvalue weighted by atomic mass is 16.1. The molecule has 2 N–H and O–H groups in total. The maximum Gasteiger partial charge on any atom is 0.217 e. The lowest BCUT2D eigenvalue weighted by molar-refractivity contribution is -0.119. The second-order valence-corrected chi connectivity index (χ2v) is 2.39. The molecule has 0 aromatic rings. The first kappa shape index (κ1) is 10.4. The summed E-state index contributed by atoms with van der Waals surface area (Å²) >= 11 is 0. The Morgan fingerprint density at radius 2 is 2.18 bits per heavy atom. The van der Waals surface area contributed by atoms with Gasteiger partial charge in [-0.05, 0) is 13.0 Å². The number of nitrogens with one attached hydrogen (secondary N) is 2. The number of hydrogen-bond acceptors (Lipinski definition) is 2. The molecule has 0 aromatic heterocycles. The van der Waals surface area contributed by atoms with E-state index in [-0.39, 0.29) is 5.91 Å². The van der Waals surface area contributed by atoms with Crippen molar-refractivity contribution < 1.29 is 4.79 Å². The summed E-state index contributed by atoms with van der Waals surface area (Å²) in [6.45, 7) is 7.52. The van der Waals surface area contributed by atoms with E-state index in [2.05, 4.69) is 10.6 Å². The average molecular weight is 158 g/mol. The Balaban J connectivity index is 0.000000461. The zero-order valence-corrected chi connectivity index (χ0v) is 7.61. The normalized spacial score (nSPS) is 21.9. The van der Waals surface area contributed by atoms with E-state index >= 15 is 0 Å². The quantitative estimate of drug-likeness (QED) is 0.584. The summed E-state index contributed by atoms with van der Waals surface area (Å²) in [5.41, 5.74) is 0. The molecule has 1 rings (SSSR count). The standard InChI is InChI=1S/C6H12N2O.C2H6/c1-5(9)8-6-2-3-7-4-6;1-2/h6-7H,2-4H2,1H3,(H,8,9);1-2H3. The molecule has 3 nitrogen and oxygen atoms in total. The van der Waals surface area contributed by atoms with Crippen LogP contribution < -0.4 is 10.6 Å². The van der Waals surface area contributed by atoms with Gasteiger partial charge in [-0.1, -0.05) is 13.8 Å². The van der Waals surface area contributed by atoms with E-state index in [1.54, 1.807) is 6.92 Å². The fraction of sp³-hybridized carbons (Fsp3) is 0.875. The van der Waals surface area contributed by atoms with Gasteiger partial charge < -0.3 is 10.6 Å². The number of carbonyl (C=O) groups is 1. The lowest BCUT2D eigenvalue weighted by atomic mass is 10.3. The van der Waals surface area contributed by atoms with Gasteiger partial charge in [0.2, 0.25) is 5.91 Å². The molecule has 0 aliphatic carbocycles. The molecule has 1 saturated heterocycles. The molecule has 1 aliphatic rings. The van der Waals surface area contributed by atoms with Crippen LogP contribution in [0.1, 0.15) is 27.2 Å². The largest absolute Gasteiger partial charge is 0.352 e. The van der Waals surface area contributed by atoms with Gasteiger partial charge in [-0.2, -0.15) is 0 Å². The van der Waals surface area contributed by atoms with Crippen LogP contribution in [0.15, 0.2) is 0 Å². The monoisotopic (exact) mass is 158 g/mol. The Morgan fingerprint density at radius 1 is 1.55 bits per heavy atom. The molecule has 11 heavy (non-hydrogen) atoms. The summed E-state index contributed by atoms with van der Waals surface area (Å²) in [4.78, 5) is 10.5. The number of carbonyl (C=O) groups excluding carboxylic acids is 1. The van der Waals surface area contributed by atoms with Gasteiger partial charge in [-0.3, -0.25) is 4.79 Å². The van der Waals surface area contributed by atoms with Crippen LogP contribution in [0.3, 0.4) is 0 Å². The average Bonchev–Trinajstić information content (AvgIpc) is 2.43. The molecule has 0 spiro atoms. The van der Waals surface area contributed by atoms with Crippen LogP contribution in [0.25, 0.3) is 0 Å². The van der Waals surface area contributed by atoms with E-state index < -0.39 is 0 Å². The molecule has 66 valence electrons. The van der Waals surface area contributed by atoms with Crippen LogP contribution in [0.4, 0.5) is 0 Å². The second kappa shape index (κ2) is 6.16. The fourth-order valence-corrected chi connectivity index (χ4v) is 1.07. The van der Waals surface area contributed by atoms with Crippen LogP contribution in [-0.4, -0.2) is 25.0 Å². The molecular formula is C8H18N2O. The number of hydrogen-bond donors (Lipinski definition) is 2. The van der Waals surface area contributed by atoms with Crippen molar-refractivity contribution in [2.45, 2.75) is 33.2 Å². The van der Waals surface area contributed by atoms with Gasteiger partial charge in [0.25, 0.3) is 0 Å². The van der Waals surface area contributed by atoms with Gasteiger partial charge in [-0.25, -0.2) is 0 Å². The van der Waals surface area contributed by atoms with Crippen LogP contribution >= 0.6 is 0 Å². The van der Waals surface area contributed by atoms with Crippen molar-refractivity contribution in [1.29, 1.82) is 0 Å². The zero-order chi connectivity index (χ0) is 8.69. The minimum absolute atomic E-state index is 0.0729. The Labute approximate surface area is 68.6 Å². The third-order valence-electron chi connectivity index (χ3n) is 1.47. The van der Waals surface area contributed by atoms with Gasteiger partial charge in [0.15, 0.2) is 0 Å². The molecule has 0 aromatic carbocycles. The Morgan fingerprint density at radius 3 is 2.55 bits per heavy atom. The van der Waals surface area contributed by atoms with Gasteiger partial charge in [0, 0.05) is 19.5 Å². The van der Waals surface area contributed by atoms with Crippen molar-refractivity contribution in [3.8, 4) is 0 Å². The van der Waals surface area contributed by atoms with E-state index in [1.165, 1.54) is 0 Å². The summed E-state index contributed by atoms with van der Waals surface area (Å²) in [6.07, 6.45) is 1.07. The fourth-order valence-electron chi connectivity index (χ4n) is 1.07. The van der Waals surface area contributed by atoms with E-state index in [0.717, 1.165) is 19.5 Å². The molecule has 0 bridgehead atoms. The summed E-state index contributed by atoms with van der Waals surface area (Å²) in [7, 11) is 0. The molecule has 0 radical (unpaired) electrons. The van der Waals surface area contributed by atoms with Gasteiger partial charge in [-0.15, -0.1) is 0 Å². The highest BCUT2D eigenvalue weighted by molar-refractivity contribution is 5.73. The summed E-state index contributed by atoms with van der Waals surface area (Å²) in [5.74, 6) is 0.0729. The molecule has 1 aliphatic heterocycles. The van der Waals surface area contributed by atoms with Crippen LogP contribution in [-0.2, 0) is 4.79 Å². The van der Waals surface area contributed by atoms with Crippen LogP contribution in [0.5, 0.6) is 0 Å². The highest BCUT2D eigenvalue weighted by Gasteiger charge is 2.13. The first-order valence-corrected chi connectivity index (χ1v) is 4.27. The van der Waals surface area contributed by atoms with Gasteiger partial charge in [0.05, 0.1) is 0 Å². The molecule has 3 heteroatoms. The molecular weight excluding hydrogens is 140 g/mol. The predicted octanol–water partition coefficient (Wildman–Crippen LogP) is 0.511. The Kier molecular flexibility index (Phi) is 5.84. The van der Waals surface area contributed by atoms with Crippen molar-refractivity contribution in [3.05, 3.63) is 0 Å². The van der Waals surface area contributed by atoms with E-state index in [1.807, 2.05) is 13.8 Å². The van der Waals surface area contributed by atoms with Crippen LogP contribution in [0.2, 0.25) is 0 Å². The lowest BCUT2D eigenvalue weighted by Gasteiger charge is -2.07. The first-order chi connectivity index (χ1) is 5.29. The maximum absolute atomic E-state index is 10.5. The second-order valence-electron chi connectivity index (χ2n) is 2.39. The van der Waals surface area contributed by atoms with Gasteiger partial charge >= 0.3 is 0 Å². The minimum atomic E-state index is 0.0729. The Bertz CT molecular complexity index is 109. The molecule has 1 amide bonds. The molecule has 1 fully saturated rings. The maximum atomic E-state index is 10.5. The van der Waals surface area contributed by atoms with Crippen molar-refractivity contribution in [2.75, 3.05) is 13.1 Å². The lowest BCUT2D eigenvalue weighted by Crippen LogP contribution is -2.34. The topological polar surface area (TPSA) is 41.1 Å². The summed E-state index contributed by atoms with van der Waals surface area (Å²) in [6, 6.07) is 0.377. The minimum Gasteiger partial charge on any atom is -0.352 e. The van der Waals surface area contributed by atoms with Crippen molar-refractivity contribution in [2.24, 2.45) is 0 Å². The third kappa shape index (κ3) is 4.79. The molecule has 1 atom stereocenters. The van der Waals surface area contributed by atoms with E-state index in [0.29, 0.717) is 6.04 Å². The number of amides is 1. The molecule has 0 saturated carbocycles. The summed E-state index contributed by atoms with van der Waals surface area (Å²) < 4.78 is 0. The summed E-state index contributed by atoms with van der Waals surface area (Å²) in [5, 5.41) is 6.00. The van der Waals surface area contributed by atoms with Crippen molar-refractivity contribution in [1.82, 2.24) is 10.6 Å². The first-order valence-electron chi connectivity index (χ1n) is 4.27. The van der Waals surface area contributed by atoms with E-state index in [4.69, 9.17) is 0 Å². The van der Waals surface area contributed by atoms with Crippen LogP contribution in [0, 0.1) is 0 Å².